The molecule has 2 aromatic rings. The topological polar surface area (TPSA) is 55.5 Å². The molecule has 0 saturated heterocycles. The summed E-state index contributed by atoms with van der Waals surface area (Å²) < 4.78 is 5.77. The molecule has 19 heavy (non-hydrogen) atoms. The summed E-state index contributed by atoms with van der Waals surface area (Å²) >= 11 is 0. The number of benzene rings is 2. The molecule has 2 rings (SSSR count). The summed E-state index contributed by atoms with van der Waals surface area (Å²) in [5.41, 5.74) is 8.66. The molecule has 0 amide bonds. The van der Waals surface area contributed by atoms with Gasteiger partial charge in [0.25, 0.3) is 0 Å². The highest BCUT2D eigenvalue weighted by Crippen LogP contribution is 2.25. The molecule has 0 saturated carbocycles. The number of hydrogen-bond acceptors (Lipinski definition) is 3. The first kappa shape index (κ1) is 13.6. The minimum Gasteiger partial charge on any atom is -0.457 e. The molecular weight excluding hydrogens is 238 g/mol. The Morgan fingerprint density at radius 3 is 2.21 bits per heavy atom. The van der Waals surface area contributed by atoms with Crippen LogP contribution in [-0.2, 0) is 0 Å². The largest absolute Gasteiger partial charge is 0.457 e. The summed E-state index contributed by atoms with van der Waals surface area (Å²) in [6.45, 7) is 4.35. The Morgan fingerprint density at radius 2 is 1.63 bits per heavy atom. The van der Waals surface area contributed by atoms with E-state index in [4.69, 9.17) is 10.5 Å². The van der Waals surface area contributed by atoms with E-state index in [1.54, 1.807) is 0 Å². The van der Waals surface area contributed by atoms with Gasteiger partial charge in [0, 0.05) is 6.54 Å². The SMILES string of the molecule is Cc1ccc(Oc2ccc(C(O)CN)cc2)cc1C. The third-order valence-corrected chi connectivity index (χ3v) is 3.20. The highest BCUT2D eigenvalue weighted by molar-refractivity contribution is 5.38. The van der Waals surface area contributed by atoms with Gasteiger partial charge < -0.3 is 15.6 Å². The monoisotopic (exact) mass is 257 g/mol. The number of aliphatic hydroxyl groups is 1. The van der Waals surface area contributed by atoms with Crippen molar-refractivity contribution in [1.29, 1.82) is 0 Å². The van der Waals surface area contributed by atoms with Gasteiger partial charge in [-0.1, -0.05) is 18.2 Å². The van der Waals surface area contributed by atoms with Crippen molar-refractivity contribution in [3.05, 3.63) is 59.2 Å². The van der Waals surface area contributed by atoms with Crippen LogP contribution in [-0.4, -0.2) is 11.7 Å². The smallest absolute Gasteiger partial charge is 0.127 e. The number of ether oxygens (including phenoxy) is 1. The van der Waals surface area contributed by atoms with Crippen molar-refractivity contribution in [1.82, 2.24) is 0 Å². The average Bonchev–Trinajstić information content (AvgIpc) is 2.43. The second-order valence-electron chi connectivity index (χ2n) is 4.67. The molecule has 3 nitrogen and oxygen atoms in total. The molecule has 0 aliphatic carbocycles. The maximum absolute atomic E-state index is 9.61. The van der Waals surface area contributed by atoms with Gasteiger partial charge in [0.15, 0.2) is 0 Å². The van der Waals surface area contributed by atoms with Gasteiger partial charge >= 0.3 is 0 Å². The molecule has 1 atom stereocenters. The lowest BCUT2D eigenvalue weighted by Crippen LogP contribution is -2.11. The van der Waals surface area contributed by atoms with Gasteiger partial charge in [-0.15, -0.1) is 0 Å². The Hall–Kier alpha value is -1.84. The predicted octanol–water partition coefficient (Wildman–Crippen LogP) is 3.09. The van der Waals surface area contributed by atoms with Gasteiger partial charge in [0.2, 0.25) is 0 Å². The van der Waals surface area contributed by atoms with Gasteiger partial charge in [-0.05, 0) is 54.8 Å². The maximum Gasteiger partial charge on any atom is 0.127 e. The van der Waals surface area contributed by atoms with E-state index in [0.717, 1.165) is 17.1 Å². The minimum absolute atomic E-state index is 0.220. The molecule has 0 aromatic heterocycles. The van der Waals surface area contributed by atoms with Crippen LogP contribution in [0.1, 0.15) is 22.8 Å². The molecule has 100 valence electrons. The van der Waals surface area contributed by atoms with Gasteiger partial charge in [0.05, 0.1) is 6.10 Å². The normalized spacial score (nSPS) is 12.2. The van der Waals surface area contributed by atoms with Crippen molar-refractivity contribution in [2.45, 2.75) is 20.0 Å². The van der Waals surface area contributed by atoms with Crippen LogP contribution in [0.5, 0.6) is 11.5 Å². The summed E-state index contributed by atoms with van der Waals surface area (Å²) in [4.78, 5) is 0. The third-order valence-electron chi connectivity index (χ3n) is 3.20. The number of nitrogens with two attached hydrogens (primary N) is 1. The Morgan fingerprint density at radius 1 is 1.00 bits per heavy atom. The fourth-order valence-electron chi connectivity index (χ4n) is 1.81. The zero-order chi connectivity index (χ0) is 13.8. The van der Waals surface area contributed by atoms with Crippen molar-refractivity contribution >= 4 is 0 Å². The molecule has 0 heterocycles. The van der Waals surface area contributed by atoms with Gasteiger partial charge in [-0.2, -0.15) is 0 Å². The second kappa shape index (κ2) is 5.87. The summed E-state index contributed by atoms with van der Waals surface area (Å²) in [6.07, 6.45) is -0.615. The number of rotatable bonds is 4. The van der Waals surface area contributed by atoms with Crippen LogP contribution < -0.4 is 10.5 Å². The van der Waals surface area contributed by atoms with Gasteiger partial charge in [0.1, 0.15) is 11.5 Å². The molecule has 0 aliphatic heterocycles. The number of hydrogen-bond donors (Lipinski definition) is 2. The van der Waals surface area contributed by atoms with Crippen molar-refractivity contribution in [2.24, 2.45) is 5.73 Å². The van der Waals surface area contributed by atoms with E-state index in [0.29, 0.717) is 0 Å². The fourth-order valence-corrected chi connectivity index (χ4v) is 1.81. The van der Waals surface area contributed by atoms with Crippen LogP contribution >= 0.6 is 0 Å². The van der Waals surface area contributed by atoms with Crippen LogP contribution in [0.25, 0.3) is 0 Å². The van der Waals surface area contributed by atoms with E-state index in [1.807, 2.05) is 42.5 Å². The van der Waals surface area contributed by atoms with Crippen LogP contribution in [0.2, 0.25) is 0 Å². The molecule has 3 N–H and O–H groups in total. The molecular formula is C16H19NO2. The van der Waals surface area contributed by atoms with Crippen LogP contribution in [0.3, 0.4) is 0 Å². The number of aliphatic hydroxyl groups excluding tert-OH is 1. The Balaban J connectivity index is 2.12. The van der Waals surface area contributed by atoms with Gasteiger partial charge in [-0.3, -0.25) is 0 Å². The van der Waals surface area contributed by atoms with E-state index >= 15 is 0 Å². The fraction of sp³-hybridized carbons (Fsp3) is 0.250. The zero-order valence-corrected chi connectivity index (χ0v) is 11.3. The first-order valence-corrected chi connectivity index (χ1v) is 6.33. The summed E-state index contributed by atoms with van der Waals surface area (Å²) in [5.74, 6) is 1.56. The molecule has 2 aromatic carbocycles. The van der Waals surface area contributed by atoms with Crippen molar-refractivity contribution in [2.75, 3.05) is 6.54 Å². The summed E-state index contributed by atoms with van der Waals surface area (Å²) in [7, 11) is 0. The molecule has 0 bridgehead atoms. The standard InChI is InChI=1S/C16H19NO2/c1-11-3-6-15(9-12(11)2)19-14-7-4-13(5-8-14)16(18)10-17/h3-9,16,18H,10,17H2,1-2H3. The molecule has 0 fully saturated rings. The zero-order valence-electron chi connectivity index (χ0n) is 11.3. The average molecular weight is 257 g/mol. The Labute approximate surface area is 113 Å². The summed E-state index contributed by atoms with van der Waals surface area (Å²) in [6, 6.07) is 13.3. The molecule has 0 spiro atoms. The first-order chi connectivity index (χ1) is 9.10. The van der Waals surface area contributed by atoms with Crippen molar-refractivity contribution in [3.8, 4) is 11.5 Å². The van der Waals surface area contributed by atoms with Crippen molar-refractivity contribution < 1.29 is 9.84 Å². The lowest BCUT2D eigenvalue weighted by Gasteiger charge is -2.10. The van der Waals surface area contributed by atoms with Crippen LogP contribution in [0, 0.1) is 13.8 Å². The van der Waals surface area contributed by atoms with E-state index in [-0.39, 0.29) is 6.54 Å². The van der Waals surface area contributed by atoms with Crippen LogP contribution in [0.4, 0.5) is 0 Å². The maximum atomic E-state index is 9.61. The molecule has 0 aliphatic rings. The van der Waals surface area contributed by atoms with E-state index in [2.05, 4.69) is 13.8 Å². The molecule has 0 radical (unpaired) electrons. The third kappa shape index (κ3) is 3.34. The molecule has 3 heteroatoms. The summed E-state index contributed by atoms with van der Waals surface area (Å²) in [5, 5.41) is 9.61. The molecule has 1 unspecified atom stereocenters. The van der Waals surface area contributed by atoms with E-state index < -0.39 is 6.10 Å². The van der Waals surface area contributed by atoms with Crippen molar-refractivity contribution in [3.63, 3.8) is 0 Å². The van der Waals surface area contributed by atoms with Gasteiger partial charge in [-0.25, -0.2) is 0 Å². The van der Waals surface area contributed by atoms with Crippen LogP contribution in [0.15, 0.2) is 42.5 Å². The Kier molecular flexibility index (Phi) is 4.20. The van der Waals surface area contributed by atoms with E-state index in [9.17, 15) is 5.11 Å². The van der Waals surface area contributed by atoms with E-state index in [1.165, 1.54) is 11.1 Å². The quantitative estimate of drug-likeness (QED) is 0.885. The highest BCUT2D eigenvalue weighted by atomic mass is 16.5. The Bertz CT molecular complexity index is 549. The first-order valence-electron chi connectivity index (χ1n) is 6.33. The number of aryl methyl sites for hydroxylation is 2. The lowest BCUT2D eigenvalue weighted by molar-refractivity contribution is 0.186. The second-order valence-corrected chi connectivity index (χ2v) is 4.67. The lowest BCUT2D eigenvalue weighted by atomic mass is 10.1. The predicted molar refractivity (Wildman–Crippen MR) is 76.4 cm³/mol. The minimum atomic E-state index is -0.615. The highest BCUT2D eigenvalue weighted by Gasteiger charge is 2.05.